The van der Waals surface area contributed by atoms with E-state index in [9.17, 15) is 28.8 Å². The Kier molecular flexibility index (Phi) is 26.8. The fourth-order valence-electron chi connectivity index (χ4n) is 13.2. The van der Waals surface area contributed by atoms with Gasteiger partial charge in [0.1, 0.15) is 38.1 Å². The van der Waals surface area contributed by atoms with Crippen LogP contribution in [-0.4, -0.2) is 118 Å². The van der Waals surface area contributed by atoms with E-state index in [4.69, 9.17) is 28.4 Å². The Morgan fingerprint density at radius 2 is 0.852 bits per heavy atom. The first kappa shape index (κ1) is 69.5. The van der Waals surface area contributed by atoms with Crippen LogP contribution < -0.4 is 0 Å². The third kappa shape index (κ3) is 21.2. The van der Waals surface area contributed by atoms with Crippen molar-refractivity contribution in [2.75, 3.05) is 54.5 Å². The van der Waals surface area contributed by atoms with E-state index in [1.165, 1.54) is 32.1 Å². The number of rotatable bonds is 26. The van der Waals surface area contributed by atoms with Crippen molar-refractivity contribution in [2.45, 2.75) is 243 Å². The molecule has 0 radical (unpaired) electrons. The zero-order chi connectivity index (χ0) is 60.4. The maximum Gasteiger partial charge on any atom is 0.312 e. The van der Waals surface area contributed by atoms with Crippen molar-refractivity contribution in [3.63, 3.8) is 0 Å². The minimum absolute atomic E-state index is 0.0214. The highest BCUT2D eigenvalue weighted by Crippen LogP contribution is 2.56. The lowest BCUT2D eigenvalue weighted by atomic mass is 9.55. The summed E-state index contributed by atoms with van der Waals surface area (Å²) in [6.07, 6.45) is 20.2. The summed E-state index contributed by atoms with van der Waals surface area (Å²) in [5.74, 6) is 0.961. The second kappa shape index (κ2) is 31.2. The monoisotopic (exact) mass is 1140 g/mol. The van der Waals surface area contributed by atoms with Crippen LogP contribution >= 0.6 is 0 Å². The molecule has 7 rings (SSSR count). The first-order valence-electron chi connectivity index (χ1n) is 31.4. The van der Waals surface area contributed by atoms with Crippen molar-refractivity contribution >= 4 is 35.8 Å². The lowest BCUT2D eigenvalue weighted by Crippen LogP contribution is -2.52. The zero-order valence-corrected chi connectivity index (χ0v) is 53.6. The number of ether oxygens (including phenoxy) is 6. The second-order valence-electron chi connectivity index (χ2n) is 28.5. The first-order chi connectivity index (χ1) is 37.9. The number of carbonyl (C=O) groups is 6. The largest absolute Gasteiger partial charge is 0.464 e. The Morgan fingerprint density at radius 3 is 1.27 bits per heavy atom. The topological polar surface area (TPSA) is 164 Å². The zero-order valence-electron chi connectivity index (χ0n) is 53.6. The van der Waals surface area contributed by atoms with E-state index in [1.54, 1.807) is 0 Å². The molecule has 6 aliphatic carbocycles. The van der Waals surface area contributed by atoms with E-state index in [0.717, 1.165) is 88.0 Å². The highest BCUT2D eigenvalue weighted by Gasteiger charge is 2.54. The van der Waals surface area contributed by atoms with Crippen LogP contribution in [-0.2, 0) is 63.8 Å². The number of carbonyl (C=O) groups excluding carboxylic acids is 6. The van der Waals surface area contributed by atoms with E-state index >= 15 is 0 Å². The third-order valence-corrected chi connectivity index (χ3v) is 18.8. The molecule has 0 saturated heterocycles. The molecular formula is C67H112N2O12. The fourth-order valence-corrected chi connectivity index (χ4v) is 13.2. The number of esters is 6. The molecule has 6 saturated carbocycles. The molecule has 14 heteroatoms. The van der Waals surface area contributed by atoms with Gasteiger partial charge < -0.3 is 38.2 Å². The van der Waals surface area contributed by atoms with E-state index < -0.39 is 27.1 Å². The molecule has 0 spiro atoms. The maximum absolute atomic E-state index is 14.3. The molecule has 3 unspecified atom stereocenters. The van der Waals surface area contributed by atoms with E-state index in [-0.39, 0.29) is 85.6 Å². The normalized spacial score (nSPS) is 23.5. The lowest BCUT2D eigenvalue weighted by molar-refractivity contribution is -0.187. The molecule has 14 nitrogen and oxygen atoms in total. The SMILES string of the molecule is CCC(C)(C)C(=O)OC1CCCCC1.CCC(C)(CC(C)(C)C(=O)OCCN(C)C)C(=O)OC1CCCCC1.CCC(C)(CC(C)(CC(C)(C)C(=O)OCCN(C)C)C(=O)OC1C2CC3CC(C2)CC1C3)C(=O)OCc1ccccc1. The van der Waals surface area contributed by atoms with Crippen molar-refractivity contribution in [3.8, 4) is 0 Å². The van der Waals surface area contributed by atoms with Crippen LogP contribution in [0.15, 0.2) is 30.3 Å². The third-order valence-electron chi connectivity index (χ3n) is 18.8. The minimum atomic E-state index is -1.09. The van der Waals surface area contributed by atoms with Gasteiger partial charge in [0.25, 0.3) is 0 Å². The smallest absolute Gasteiger partial charge is 0.312 e. The van der Waals surface area contributed by atoms with Crippen LogP contribution in [0.5, 0.6) is 0 Å². The molecule has 0 N–H and O–H groups in total. The van der Waals surface area contributed by atoms with E-state index in [1.807, 2.05) is 151 Å². The number of hydrogen-bond donors (Lipinski definition) is 0. The average Bonchev–Trinajstić information content (AvgIpc) is 3.50. The van der Waals surface area contributed by atoms with Gasteiger partial charge in [-0.1, -0.05) is 63.9 Å². The summed E-state index contributed by atoms with van der Waals surface area (Å²) in [6, 6.07) is 9.61. The summed E-state index contributed by atoms with van der Waals surface area (Å²) >= 11 is 0. The number of benzene rings is 1. The van der Waals surface area contributed by atoms with Crippen LogP contribution in [0.1, 0.15) is 223 Å². The molecule has 6 fully saturated rings. The Labute approximate surface area is 490 Å². The summed E-state index contributed by atoms with van der Waals surface area (Å²) in [6.45, 7) is 25.0. The van der Waals surface area contributed by atoms with Crippen LogP contribution in [0.4, 0.5) is 0 Å². The predicted molar refractivity (Wildman–Crippen MR) is 319 cm³/mol. The van der Waals surface area contributed by atoms with Gasteiger partial charge in [-0.05, 0) is 242 Å². The summed E-state index contributed by atoms with van der Waals surface area (Å²) in [4.78, 5) is 82.1. The van der Waals surface area contributed by atoms with Crippen molar-refractivity contribution in [3.05, 3.63) is 35.9 Å². The van der Waals surface area contributed by atoms with Crippen molar-refractivity contribution in [1.29, 1.82) is 0 Å². The molecule has 6 aliphatic rings. The van der Waals surface area contributed by atoms with E-state index in [2.05, 4.69) is 0 Å². The molecule has 1 aromatic rings. The van der Waals surface area contributed by atoms with Gasteiger partial charge in [0.05, 0.1) is 32.5 Å². The standard InChI is InChI=1S/C35H53NO6.C20H37NO4.C12H22O2/c1-8-34(4,31(38)41-21-24-12-10-9-11-13-24)23-35(5,22-33(2,3)30(37)40-15-14-36(6)7)32(39)42-29-27-17-25-16-26(19-27)20-28(29)18-25;1-7-20(4,18(23)25-16-11-9-8-10-12-16)15-19(2,3)17(22)24-14-13-21(5)6;1-4-12(2,3)11(13)14-10-8-6-5-7-9-10/h9-13,25-29H,8,14-23H2,1-7H3;16H,7-15H2,1-6H3;10H,4-9H2,1-3H3. The lowest BCUT2D eigenvalue weighted by Gasteiger charge is -2.54. The molecule has 0 heterocycles. The Bertz CT molecular complexity index is 2120. The van der Waals surface area contributed by atoms with Crippen LogP contribution in [0, 0.1) is 56.2 Å². The molecule has 0 aliphatic heterocycles. The number of nitrogens with zero attached hydrogens (tertiary/aromatic N) is 2. The van der Waals surface area contributed by atoms with Gasteiger partial charge in [-0.2, -0.15) is 0 Å². The Morgan fingerprint density at radius 1 is 0.444 bits per heavy atom. The first-order valence-corrected chi connectivity index (χ1v) is 31.4. The molecule has 3 atom stereocenters. The quantitative estimate of drug-likeness (QED) is 0.0635. The van der Waals surface area contributed by atoms with E-state index in [0.29, 0.717) is 50.8 Å². The van der Waals surface area contributed by atoms with Crippen LogP contribution in [0.25, 0.3) is 0 Å². The van der Waals surface area contributed by atoms with Crippen molar-refractivity contribution in [1.82, 2.24) is 9.80 Å². The molecule has 0 amide bonds. The summed E-state index contributed by atoms with van der Waals surface area (Å²) in [5, 5.41) is 0. The van der Waals surface area contributed by atoms with Gasteiger partial charge in [0, 0.05) is 13.1 Å². The van der Waals surface area contributed by atoms with Gasteiger partial charge in [-0.15, -0.1) is 0 Å². The summed E-state index contributed by atoms with van der Waals surface area (Å²) < 4.78 is 34.6. The molecule has 0 aromatic heterocycles. The van der Waals surface area contributed by atoms with Gasteiger partial charge in [0.15, 0.2) is 0 Å². The summed E-state index contributed by atoms with van der Waals surface area (Å²) in [7, 11) is 7.74. The van der Waals surface area contributed by atoms with Gasteiger partial charge >= 0.3 is 35.8 Å². The Balaban J connectivity index is 0.000000304. The van der Waals surface area contributed by atoms with Crippen LogP contribution in [0.3, 0.4) is 0 Å². The van der Waals surface area contributed by atoms with Crippen LogP contribution in [0.2, 0.25) is 0 Å². The second-order valence-corrected chi connectivity index (χ2v) is 28.5. The number of likely N-dealkylation sites (N-methyl/N-ethyl adjacent to an activating group) is 2. The average molecular weight is 1140 g/mol. The highest BCUT2D eigenvalue weighted by molar-refractivity contribution is 5.83. The maximum atomic E-state index is 14.3. The Hall–Kier alpha value is -4.04. The van der Waals surface area contributed by atoms with Gasteiger partial charge in [0.2, 0.25) is 0 Å². The highest BCUT2D eigenvalue weighted by atomic mass is 16.6. The van der Waals surface area contributed by atoms with Gasteiger partial charge in [-0.25, -0.2) is 0 Å². The van der Waals surface area contributed by atoms with Crippen molar-refractivity contribution < 1.29 is 57.2 Å². The predicted octanol–water partition coefficient (Wildman–Crippen LogP) is 13.5. The van der Waals surface area contributed by atoms with Gasteiger partial charge in [-0.3, -0.25) is 28.8 Å². The molecule has 4 bridgehead atoms. The molecule has 462 valence electrons. The fraction of sp³-hybridized carbons (Fsp3) is 0.821. The number of hydrogen-bond acceptors (Lipinski definition) is 14. The van der Waals surface area contributed by atoms with Crippen molar-refractivity contribution in [2.24, 2.45) is 56.2 Å². The minimum Gasteiger partial charge on any atom is -0.464 e. The molecule has 81 heavy (non-hydrogen) atoms. The summed E-state index contributed by atoms with van der Waals surface area (Å²) in [5.41, 5.74) is -3.75. The molecule has 1 aromatic carbocycles. The molecular weight excluding hydrogens is 1020 g/mol.